The SMILES string of the molecule is CCc1nn2c(C)c(F)c(C)nc2c1Cc1ccc(-c2ccccc2-c2nn[nH]n2)cc1. The smallest absolute Gasteiger partial charge is 0.205 e. The molecule has 5 aromatic rings. The average molecular weight is 427 g/mol. The zero-order valence-electron chi connectivity index (χ0n) is 18.1. The molecule has 0 saturated carbocycles. The van der Waals surface area contributed by atoms with Gasteiger partial charge in [-0.25, -0.2) is 13.9 Å². The van der Waals surface area contributed by atoms with Crippen LogP contribution in [0.25, 0.3) is 28.2 Å². The molecule has 32 heavy (non-hydrogen) atoms. The quantitative estimate of drug-likeness (QED) is 0.447. The van der Waals surface area contributed by atoms with Crippen LogP contribution in [0.15, 0.2) is 48.5 Å². The molecule has 0 aliphatic heterocycles. The van der Waals surface area contributed by atoms with Gasteiger partial charge in [-0.05, 0) is 42.2 Å². The van der Waals surface area contributed by atoms with E-state index in [0.717, 1.165) is 45.6 Å². The van der Waals surface area contributed by atoms with Gasteiger partial charge in [0, 0.05) is 17.5 Å². The van der Waals surface area contributed by atoms with Crippen LogP contribution in [0.1, 0.15) is 35.1 Å². The van der Waals surface area contributed by atoms with Crippen molar-refractivity contribution in [3.8, 4) is 22.5 Å². The third-order valence-corrected chi connectivity index (χ3v) is 5.76. The van der Waals surface area contributed by atoms with Crippen molar-refractivity contribution in [3.63, 3.8) is 0 Å². The minimum absolute atomic E-state index is 0.307. The van der Waals surface area contributed by atoms with Crippen LogP contribution in [0.5, 0.6) is 0 Å². The Hall–Kier alpha value is -3.94. The second kappa shape index (κ2) is 7.96. The van der Waals surface area contributed by atoms with E-state index in [4.69, 9.17) is 0 Å². The van der Waals surface area contributed by atoms with Gasteiger partial charge in [0.25, 0.3) is 0 Å². The first kappa shape index (κ1) is 20.0. The Bertz CT molecular complexity index is 1400. The highest BCUT2D eigenvalue weighted by Crippen LogP contribution is 2.30. The second-order valence-corrected chi connectivity index (χ2v) is 7.77. The summed E-state index contributed by atoms with van der Waals surface area (Å²) in [4.78, 5) is 4.51. The van der Waals surface area contributed by atoms with Gasteiger partial charge in [0.2, 0.25) is 5.82 Å². The second-order valence-electron chi connectivity index (χ2n) is 7.77. The normalized spacial score (nSPS) is 11.4. The zero-order valence-corrected chi connectivity index (χ0v) is 18.1. The first-order chi connectivity index (χ1) is 15.6. The van der Waals surface area contributed by atoms with E-state index in [9.17, 15) is 4.39 Å². The van der Waals surface area contributed by atoms with Crippen molar-refractivity contribution in [2.45, 2.75) is 33.6 Å². The molecule has 0 saturated heterocycles. The van der Waals surface area contributed by atoms with E-state index in [2.05, 4.69) is 61.9 Å². The number of hydrogen-bond acceptors (Lipinski definition) is 5. The Kier molecular flexibility index (Phi) is 4.97. The lowest BCUT2D eigenvalue weighted by molar-refractivity contribution is 0.580. The topological polar surface area (TPSA) is 84.6 Å². The fourth-order valence-corrected chi connectivity index (χ4v) is 4.07. The van der Waals surface area contributed by atoms with Crippen LogP contribution < -0.4 is 0 Å². The molecule has 0 atom stereocenters. The molecule has 0 amide bonds. The van der Waals surface area contributed by atoms with Gasteiger partial charge >= 0.3 is 0 Å². The lowest BCUT2D eigenvalue weighted by atomic mass is 9.96. The molecular formula is C24H22FN7. The Labute approximate surface area is 184 Å². The van der Waals surface area contributed by atoms with Crippen molar-refractivity contribution in [3.05, 3.63) is 82.6 Å². The van der Waals surface area contributed by atoms with Crippen LogP contribution in [-0.4, -0.2) is 35.2 Å². The molecule has 0 fully saturated rings. The third-order valence-electron chi connectivity index (χ3n) is 5.76. The van der Waals surface area contributed by atoms with E-state index in [0.29, 0.717) is 23.6 Å². The number of H-pyrrole nitrogens is 1. The van der Waals surface area contributed by atoms with E-state index >= 15 is 0 Å². The number of benzene rings is 2. The molecule has 160 valence electrons. The van der Waals surface area contributed by atoms with Crippen LogP contribution >= 0.6 is 0 Å². The highest BCUT2D eigenvalue weighted by atomic mass is 19.1. The summed E-state index contributed by atoms with van der Waals surface area (Å²) in [5.74, 6) is 0.256. The number of nitrogens with one attached hydrogen (secondary N) is 1. The van der Waals surface area contributed by atoms with Crippen LogP contribution in [-0.2, 0) is 12.8 Å². The van der Waals surface area contributed by atoms with Crippen LogP contribution in [0, 0.1) is 19.7 Å². The number of hydrogen-bond donors (Lipinski definition) is 1. The minimum atomic E-state index is -0.307. The lowest BCUT2D eigenvalue weighted by Gasteiger charge is -2.09. The van der Waals surface area contributed by atoms with E-state index in [1.165, 1.54) is 0 Å². The molecule has 3 aromatic heterocycles. The standard InChI is InChI=1S/C24H22FN7/c1-4-21-20(24-26-14(2)22(25)15(3)32(24)29-21)13-16-9-11-17(12-10-16)18-7-5-6-8-19(18)23-27-30-31-28-23/h5-12H,4,13H2,1-3H3,(H,27,28,30,31). The predicted molar refractivity (Wildman–Crippen MR) is 120 cm³/mol. The molecule has 7 nitrogen and oxygen atoms in total. The first-order valence-electron chi connectivity index (χ1n) is 10.5. The van der Waals surface area contributed by atoms with Crippen molar-refractivity contribution in [2.24, 2.45) is 0 Å². The van der Waals surface area contributed by atoms with Crippen molar-refractivity contribution in [2.75, 3.05) is 0 Å². The largest absolute Gasteiger partial charge is 0.230 e. The van der Waals surface area contributed by atoms with E-state index in [1.807, 2.05) is 24.3 Å². The summed E-state index contributed by atoms with van der Waals surface area (Å²) in [6.07, 6.45) is 1.44. The summed E-state index contributed by atoms with van der Waals surface area (Å²) in [6, 6.07) is 16.4. The molecule has 2 aromatic carbocycles. The average Bonchev–Trinajstić information content (AvgIpc) is 3.47. The van der Waals surface area contributed by atoms with Crippen LogP contribution in [0.2, 0.25) is 0 Å². The fraction of sp³-hybridized carbons (Fsp3) is 0.208. The molecule has 0 bridgehead atoms. The summed E-state index contributed by atoms with van der Waals surface area (Å²) in [5.41, 5.74) is 7.75. The Morgan fingerprint density at radius 3 is 2.44 bits per heavy atom. The van der Waals surface area contributed by atoms with Gasteiger partial charge in [-0.2, -0.15) is 10.3 Å². The fourth-order valence-electron chi connectivity index (χ4n) is 4.07. The zero-order chi connectivity index (χ0) is 22.2. The number of fused-ring (bicyclic) bond motifs is 1. The molecule has 0 aliphatic rings. The van der Waals surface area contributed by atoms with Gasteiger partial charge in [0.1, 0.15) is 0 Å². The summed E-state index contributed by atoms with van der Waals surface area (Å²) >= 11 is 0. The predicted octanol–water partition coefficient (Wildman–Crippen LogP) is 4.49. The van der Waals surface area contributed by atoms with E-state index in [-0.39, 0.29) is 5.82 Å². The maximum Gasteiger partial charge on any atom is 0.205 e. The lowest BCUT2D eigenvalue weighted by Crippen LogP contribution is -2.03. The molecule has 8 heteroatoms. The van der Waals surface area contributed by atoms with Gasteiger partial charge in [0.15, 0.2) is 11.5 Å². The van der Waals surface area contributed by atoms with Crippen molar-refractivity contribution >= 4 is 5.65 Å². The van der Waals surface area contributed by atoms with Crippen LogP contribution in [0.3, 0.4) is 0 Å². The highest BCUT2D eigenvalue weighted by molar-refractivity contribution is 5.80. The van der Waals surface area contributed by atoms with Gasteiger partial charge in [0.05, 0.1) is 17.1 Å². The monoisotopic (exact) mass is 427 g/mol. The molecule has 0 aliphatic carbocycles. The molecule has 5 rings (SSSR count). The number of rotatable bonds is 5. The summed E-state index contributed by atoms with van der Waals surface area (Å²) < 4.78 is 16.0. The number of aryl methyl sites for hydroxylation is 3. The maximum atomic E-state index is 14.3. The first-order valence-corrected chi connectivity index (χ1v) is 10.5. The van der Waals surface area contributed by atoms with Gasteiger partial charge in [-0.3, -0.25) is 0 Å². The molecule has 0 unspecified atom stereocenters. The van der Waals surface area contributed by atoms with Crippen molar-refractivity contribution in [1.82, 2.24) is 35.2 Å². The maximum absolute atomic E-state index is 14.3. The summed E-state index contributed by atoms with van der Waals surface area (Å²) in [7, 11) is 0. The molecule has 0 radical (unpaired) electrons. The van der Waals surface area contributed by atoms with Gasteiger partial charge < -0.3 is 0 Å². The van der Waals surface area contributed by atoms with E-state index in [1.54, 1.807) is 18.4 Å². The highest BCUT2D eigenvalue weighted by Gasteiger charge is 2.18. The number of halogens is 1. The number of nitrogens with zero attached hydrogens (tertiary/aromatic N) is 6. The minimum Gasteiger partial charge on any atom is -0.230 e. The van der Waals surface area contributed by atoms with Crippen molar-refractivity contribution < 1.29 is 4.39 Å². The third kappa shape index (κ3) is 3.33. The number of tetrazole rings is 1. The van der Waals surface area contributed by atoms with E-state index < -0.39 is 0 Å². The summed E-state index contributed by atoms with van der Waals surface area (Å²) in [5, 5.41) is 19.0. The Morgan fingerprint density at radius 1 is 1.00 bits per heavy atom. The van der Waals surface area contributed by atoms with Crippen molar-refractivity contribution in [1.29, 1.82) is 0 Å². The van der Waals surface area contributed by atoms with Gasteiger partial charge in [-0.1, -0.05) is 55.5 Å². The Morgan fingerprint density at radius 2 is 1.75 bits per heavy atom. The van der Waals surface area contributed by atoms with Crippen LogP contribution in [0.4, 0.5) is 4.39 Å². The molecule has 3 heterocycles. The Balaban J connectivity index is 1.51. The van der Waals surface area contributed by atoms with Gasteiger partial charge in [-0.15, -0.1) is 10.2 Å². The molecule has 0 spiro atoms. The number of aromatic amines is 1. The molecule has 1 N–H and O–H groups in total. The summed E-state index contributed by atoms with van der Waals surface area (Å²) in [6.45, 7) is 5.49. The number of aromatic nitrogens is 7. The molecular weight excluding hydrogens is 405 g/mol.